The zero-order valence-electron chi connectivity index (χ0n) is 19.5. The zero-order valence-corrected chi connectivity index (χ0v) is 20.3. The molecule has 1 saturated heterocycles. The van der Waals surface area contributed by atoms with Crippen molar-refractivity contribution in [3.63, 3.8) is 0 Å². The first kappa shape index (κ1) is 23.1. The second kappa shape index (κ2) is 9.19. The van der Waals surface area contributed by atoms with Crippen molar-refractivity contribution in [3.8, 4) is 5.69 Å². The molecule has 2 aliphatic heterocycles. The topological polar surface area (TPSA) is 62.6 Å². The van der Waals surface area contributed by atoms with Crippen LogP contribution in [0.5, 0.6) is 0 Å². The molecule has 178 valence electrons. The molecule has 1 fully saturated rings. The summed E-state index contributed by atoms with van der Waals surface area (Å²) in [5.74, 6) is -1.05. The highest BCUT2D eigenvalue weighted by atomic mass is 32.2. The highest BCUT2D eigenvalue weighted by Gasteiger charge is 2.37. The molecule has 0 radical (unpaired) electrons. The zero-order chi connectivity index (χ0) is 24.7. The van der Waals surface area contributed by atoms with Crippen LogP contribution in [0.2, 0.25) is 0 Å². The van der Waals surface area contributed by atoms with Gasteiger partial charge in [-0.1, -0.05) is 30.3 Å². The second-order valence-corrected chi connectivity index (χ2v) is 9.74. The summed E-state index contributed by atoms with van der Waals surface area (Å²) in [6.45, 7) is 4.55. The third kappa shape index (κ3) is 4.41. The molecule has 3 heterocycles. The Hall–Kier alpha value is -3.65. The lowest BCUT2D eigenvalue weighted by atomic mass is 10.00. The number of halogens is 1. The predicted molar refractivity (Wildman–Crippen MR) is 133 cm³/mol. The van der Waals surface area contributed by atoms with Crippen molar-refractivity contribution in [2.45, 2.75) is 26.8 Å². The number of hydrogen-bond acceptors (Lipinski definition) is 4. The van der Waals surface area contributed by atoms with Gasteiger partial charge < -0.3 is 9.47 Å². The van der Waals surface area contributed by atoms with Crippen LogP contribution in [0, 0.1) is 19.7 Å². The predicted octanol–water partition coefficient (Wildman–Crippen LogP) is 4.85. The van der Waals surface area contributed by atoms with E-state index in [2.05, 4.69) is 6.07 Å². The molecule has 3 aromatic rings. The summed E-state index contributed by atoms with van der Waals surface area (Å²) >= 11 is 0.834. The molecule has 0 spiro atoms. The number of hydrogen-bond donors (Lipinski definition) is 0. The van der Waals surface area contributed by atoms with Crippen molar-refractivity contribution >= 4 is 34.9 Å². The van der Waals surface area contributed by atoms with Crippen LogP contribution in [0.25, 0.3) is 11.8 Å². The number of benzene rings is 2. The van der Waals surface area contributed by atoms with Gasteiger partial charge in [-0.15, -0.1) is 0 Å². The molecule has 1 aromatic heterocycles. The average Bonchev–Trinajstić information content (AvgIpc) is 3.27. The van der Waals surface area contributed by atoms with Gasteiger partial charge >= 0.3 is 0 Å². The maximum absolute atomic E-state index is 13.8. The number of nitrogens with zero attached hydrogens (tertiary/aromatic N) is 3. The quantitative estimate of drug-likeness (QED) is 0.492. The van der Waals surface area contributed by atoms with Crippen LogP contribution in [-0.2, 0) is 22.6 Å². The van der Waals surface area contributed by atoms with E-state index < -0.39 is 11.1 Å². The van der Waals surface area contributed by atoms with Gasteiger partial charge in [-0.2, -0.15) is 0 Å². The van der Waals surface area contributed by atoms with E-state index in [1.165, 1.54) is 17.7 Å². The van der Waals surface area contributed by atoms with Gasteiger partial charge in [-0.05, 0) is 79.1 Å². The van der Waals surface area contributed by atoms with E-state index in [1.54, 1.807) is 17.0 Å². The van der Waals surface area contributed by atoms with Crippen molar-refractivity contribution in [2.24, 2.45) is 0 Å². The molecule has 0 aliphatic carbocycles. The Kier molecular flexibility index (Phi) is 6.06. The van der Waals surface area contributed by atoms with Gasteiger partial charge in [0.15, 0.2) is 0 Å². The third-order valence-corrected chi connectivity index (χ3v) is 7.38. The molecule has 2 aliphatic rings. The largest absolute Gasteiger partial charge is 0.336 e. The SMILES string of the molecule is Cc1cc(/C=C2\SC(=O)N(CC(=O)N3CCc4ccccc4C3)C2=O)c(C)n1-c1cccc(F)c1. The van der Waals surface area contributed by atoms with Gasteiger partial charge in [0.1, 0.15) is 12.4 Å². The van der Waals surface area contributed by atoms with Gasteiger partial charge in [0.05, 0.1) is 4.91 Å². The summed E-state index contributed by atoms with van der Waals surface area (Å²) in [5, 5.41) is -0.453. The summed E-state index contributed by atoms with van der Waals surface area (Å²) in [5.41, 5.74) is 5.45. The minimum Gasteiger partial charge on any atom is -0.336 e. The molecular weight excluding hydrogens is 465 g/mol. The van der Waals surface area contributed by atoms with Crippen LogP contribution in [-0.4, -0.2) is 44.5 Å². The summed E-state index contributed by atoms with van der Waals surface area (Å²) in [7, 11) is 0. The molecule has 2 aromatic carbocycles. The first-order valence-corrected chi connectivity index (χ1v) is 12.2. The highest BCUT2D eigenvalue weighted by molar-refractivity contribution is 8.18. The number of thioether (sulfide) groups is 1. The fourth-order valence-corrected chi connectivity index (χ4v) is 5.50. The first-order chi connectivity index (χ1) is 16.8. The van der Waals surface area contributed by atoms with E-state index in [4.69, 9.17) is 0 Å². The van der Waals surface area contributed by atoms with Crippen LogP contribution in [0.3, 0.4) is 0 Å². The maximum atomic E-state index is 13.8. The Morgan fingerprint density at radius 2 is 1.83 bits per heavy atom. The van der Waals surface area contributed by atoms with Crippen molar-refractivity contribution in [1.29, 1.82) is 0 Å². The monoisotopic (exact) mass is 489 g/mol. The molecule has 0 bridgehead atoms. The Labute approximate surface area is 207 Å². The van der Waals surface area contributed by atoms with Gasteiger partial charge in [0, 0.05) is 30.2 Å². The van der Waals surface area contributed by atoms with Crippen LogP contribution >= 0.6 is 11.8 Å². The van der Waals surface area contributed by atoms with E-state index in [0.717, 1.165) is 45.6 Å². The number of rotatable bonds is 4. The lowest BCUT2D eigenvalue weighted by Crippen LogP contribution is -2.44. The number of fused-ring (bicyclic) bond motifs is 1. The highest BCUT2D eigenvalue weighted by Crippen LogP contribution is 2.34. The van der Waals surface area contributed by atoms with Gasteiger partial charge in [0.25, 0.3) is 11.1 Å². The standard InChI is InChI=1S/C27H24FN3O3S/c1-17-12-21(18(2)31(17)23-9-5-8-22(28)14-23)13-24-26(33)30(27(34)35-24)16-25(32)29-11-10-19-6-3-4-7-20(19)15-29/h3-9,12-14H,10-11,15-16H2,1-2H3/b24-13-. The van der Waals surface area contributed by atoms with Crippen molar-refractivity contribution in [1.82, 2.24) is 14.4 Å². The van der Waals surface area contributed by atoms with Gasteiger partial charge in [0.2, 0.25) is 5.91 Å². The number of imide groups is 1. The Morgan fingerprint density at radius 1 is 1.06 bits per heavy atom. The number of aromatic nitrogens is 1. The molecule has 0 saturated carbocycles. The number of aryl methyl sites for hydroxylation is 1. The minimum atomic E-state index is -0.471. The molecule has 8 heteroatoms. The summed E-state index contributed by atoms with van der Waals surface area (Å²) < 4.78 is 15.7. The van der Waals surface area contributed by atoms with Crippen molar-refractivity contribution < 1.29 is 18.8 Å². The summed E-state index contributed by atoms with van der Waals surface area (Å²) in [6, 6.07) is 16.2. The summed E-state index contributed by atoms with van der Waals surface area (Å²) in [4.78, 5) is 41.6. The maximum Gasteiger partial charge on any atom is 0.294 e. The smallest absolute Gasteiger partial charge is 0.294 e. The van der Waals surface area contributed by atoms with E-state index in [-0.39, 0.29) is 23.2 Å². The van der Waals surface area contributed by atoms with Gasteiger partial charge in [-0.25, -0.2) is 4.39 Å². The molecule has 5 rings (SSSR count). The Bertz CT molecular complexity index is 1390. The van der Waals surface area contributed by atoms with Gasteiger partial charge in [-0.3, -0.25) is 19.3 Å². The molecule has 0 N–H and O–H groups in total. The number of carbonyl (C=O) groups excluding carboxylic acids is 3. The fraction of sp³-hybridized carbons (Fsp3) is 0.222. The normalized spacial score (nSPS) is 16.8. The lowest BCUT2D eigenvalue weighted by Gasteiger charge is -2.29. The number of amides is 3. The third-order valence-electron chi connectivity index (χ3n) is 6.47. The minimum absolute atomic E-state index is 0.243. The van der Waals surface area contributed by atoms with Crippen LogP contribution < -0.4 is 0 Å². The van der Waals surface area contributed by atoms with Crippen LogP contribution in [0.1, 0.15) is 28.1 Å². The average molecular weight is 490 g/mol. The Morgan fingerprint density at radius 3 is 2.60 bits per heavy atom. The van der Waals surface area contributed by atoms with E-state index >= 15 is 0 Å². The molecule has 6 nitrogen and oxygen atoms in total. The van der Waals surface area contributed by atoms with E-state index in [1.807, 2.05) is 48.7 Å². The molecule has 0 atom stereocenters. The van der Waals surface area contributed by atoms with Crippen LogP contribution in [0.4, 0.5) is 9.18 Å². The van der Waals surface area contributed by atoms with Crippen molar-refractivity contribution in [3.05, 3.63) is 93.4 Å². The lowest BCUT2D eigenvalue weighted by molar-refractivity contribution is -0.136. The second-order valence-electron chi connectivity index (χ2n) is 8.74. The van der Waals surface area contributed by atoms with Crippen molar-refractivity contribution in [2.75, 3.05) is 13.1 Å². The molecule has 35 heavy (non-hydrogen) atoms. The first-order valence-electron chi connectivity index (χ1n) is 11.4. The van der Waals surface area contributed by atoms with E-state index in [0.29, 0.717) is 18.8 Å². The molecule has 0 unspecified atom stereocenters. The molecule has 3 amide bonds. The molecular formula is C27H24FN3O3S. The fourth-order valence-electron chi connectivity index (χ4n) is 4.67. The Balaban J connectivity index is 1.33. The number of carbonyl (C=O) groups is 3. The summed E-state index contributed by atoms with van der Waals surface area (Å²) in [6.07, 6.45) is 2.43. The van der Waals surface area contributed by atoms with Crippen LogP contribution in [0.15, 0.2) is 59.5 Å². The van der Waals surface area contributed by atoms with E-state index in [9.17, 15) is 18.8 Å².